The summed E-state index contributed by atoms with van der Waals surface area (Å²) >= 11 is 0. The van der Waals surface area contributed by atoms with Gasteiger partial charge in [0.15, 0.2) is 0 Å². The SMILES string of the molecule is CC1NCC23C=CC(CC12C)O3. The van der Waals surface area contributed by atoms with Crippen molar-refractivity contribution >= 4 is 0 Å². The molecule has 0 aromatic rings. The Hall–Kier alpha value is -0.340. The zero-order valence-electron chi connectivity index (χ0n) is 7.63. The molecule has 1 N–H and O–H groups in total. The molecule has 0 amide bonds. The van der Waals surface area contributed by atoms with Gasteiger partial charge in [-0.05, 0) is 13.3 Å². The first-order valence-corrected chi connectivity index (χ1v) is 4.77. The summed E-state index contributed by atoms with van der Waals surface area (Å²) in [6.45, 7) is 5.62. The second-order valence-corrected chi connectivity index (χ2v) is 4.63. The molecule has 3 aliphatic rings. The van der Waals surface area contributed by atoms with Crippen LogP contribution in [0.4, 0.5) is 0 Å². The molecule has 4 unspecified atom stereocenters. The van der Waals surface area contributed by atoms with E-state index in [1.807, 2.05) is 0 Å². The quantitative estimate of drug-likeness (QED) is 0.542. The summed E-state index contributed by atoms with van der Waals surface area (Å²) in [5.74, 6) is 0. The Bertz CT molecular complexity index is 263. The van der Waals surface area contributed by atoms with Gasteiger partial charge < -0.3 is 10.1 Å². The number of hydrogen-bond acceptors (Lipinski definition) is 2. The summed E-state index contributed by atoms with van der Waals surface area (Å²) in [6.07, 6.45) is 6.09. The molecule has 2 bridgehead atoms. The first-order chi connectivity index (χ1) is 5.66. The topological polar surface area (TPSA) is 21.3 Å². The zero-order valence-corrected chi connectivity index (χ0v) is 7.63. The molecule has 0 aliphatic carbocycles. The Balaban J connectivity index is 2.12. The molecule has 0 aromatic heterocycles. The van der Waals surface area contributed by atoms with Crippen molar-refractivity contribution in [3.63, 3.8) is 0 Å². The number of nitrogens with one attached hydrogen (secondary N) is 1. The molecule has 0 aromatic carbocycles. The van der Waals surface area contributed by atoms with Crippen LogP contribution in [0.3, 0.4) is 0 Å². The normalized spacial score (nSPS) is 61.2. The summed E-state index contributed by atoms with van der Waals surface area (Å²) in [5.41, 5.74) is 0.378. The highest BCUT2D eigenvalue weighted by molar-refractivity contribution is 5.30. The first kappa shape index (κ1) is 7.10. The van der Waals surface area contributed by atoms with Gasteiger partial charge in [0.1, 0.15) is 5.60 Å². The molecule has 2 nitrogen and oxygen atoms in total. The van der Waals surface area contributed by atoms with E-state index in [0.29, 0.717) is 17.6 Å². The third kappa shape index (κ3) is 0.539. The lowest BCUT2D eigenvalue weighted by Crippen LogP contribution is -2.42. The summed E-state index contributed by atoms with van der Waals surface area (Å²) in [4.78, 5) is 0. The molecule has 2 saturated heterocycles. The van der Waals surface area contributed by atoms with Crippen molar-refractivity contribution in [3.8, 4) is 0 Å². The minimum absolute atomic E-state index is 0.0388. The first-order valence-electron chi connectivity index (χ1n) is 4.77. The van der Waals surface area contributed by atoms with Gasteiger partial charge in [-0.1, -0.05) is 19.1 Å². The van der Waals surface area contributed by atoms with Gasteiger partial charge in [-0.3, -0.25) is 0 Å². The minimum atomic E-state index is 0.0388. The third-order valence-corrected chi connectivity index (χ3v) is 4.16. The molecule has 1 spiro atoms. The Kier molecular flexibility index (Phi) is 1.05. The Morgan fingerprint density at radius 1 is 1.58 bits per heavy atom. The predicted octanol–water partition coefficient (Wildman–Crippen LogP) is 1.08. The molecule has 2 heteroatoms. The van der Waals surface area contributed by atoms with Crippen molar-refractivity contribution in [2.75, 3.05) is 6.54 Å². The number of rotatable bonds is 0. The fourth-order valence-electron chi connectivity index (χ4n) is 3.01. The fraction of sp³-hybridized carbons (Fsp3) is 0.800. The van der Waals surface area contributed by atoms with E-state index in [1.54, 1.807) is 0 Å². The van der Waals surface area contributed by atoms with Crippen LogP contribution in [0.1, 0.15) is 20.3 Å². The van der Waals surface area contributed by atoms with Crippen LogP contribution in [0.15, 0.2) is 12.2 Å². The minimum Gasteiger partial charge on any atom is -0.362 e. The highest BCUT2D eigenvalue weighted by atomic mass is 16.5. The lowest BCUT2D eigenvalue weighted by Gasteiger charge is -2.35. The second kappa shape index (κ2) is 1.78. The van der Waals surface area contributed by atoms with Crippen molar-refractivity contribution < 1.29 is 4.74 Å². The molecular weight excluding hydrogens is 150 g/mol. The molecule has 2 fully saturated rings. The molecular formula is C10H15NO. The largest absolute Gasteiger partial charge is 0.362 e. The molecule has 3 heterocycles. The van der Waals surface area contributed by atoms with Crippen LogP contribution in [-0.4, -0.2) is 24.3 Å². The maximum Gasteiger partial charge on any atom is 0.106 e. The van der Waals surface area contributed by atoms with Crippen LogP contribution in [0.25, 0.3) is 0 Å². The maximum absolute atomic E-state index is 5.98. The van der Waals surface area contributed by atoms with E-state index in [1.165, 1.54) is 6.42 Å². The molecule has 3 aliphatic heterocycles. The highest BCUT2D eigenvalue weighted by Gasteiger charge is 2.63. The molecule has 0 radical (unpaired) electrons. The fourth-order valence-corrected chi connectivity index (χ4v) is 3.01. The number of ether oxygens (including phenoxy) is 1. The number of hydrogen-bond donors (Lipinski definition) is 1. The lowest BCUT2D eigenvalue weighted by molar-refractivity contribution is 0.00752. The van der Waals surface area contributed by atoms with E-state index in [9.17, 15) is 0 Å². The molecule has 66 valence electrons. The standard InChI is InChI=1S/C10H15NO/c1-7-9(2)5-8-3-4-10(9,12-8)6-11-7/h3-4,7-8,11H,5-6H2,1-2H3. The summed E-state index contributed by atoms with van der Waals surface area (Å²) in [5, 5.41) is 3.50. The van der Waals surface area contributed by atoms with Gasteiger partial charge in [-0.25, -0.2) is 0 Å². The molecule has 12 heavy (non-hydrogen) atoms. The van der Waals surface area contributed by atoms with Crippen LogP contribution in [0.2, 0.25) is 0 Å². The second-order valence-electron chi connectivity index (χ2n) is 4.63. The van der Waals surface area contributed by atoms with Crippen LogP contribution in [-0.2, 0) is 4.74 Å². The van der Waals surface area contributed by atoms with Crippen LogP contribution in [0, 0.1) is 5.41 Å². The van der Waals surface area contributed by atoms with Crippen molar-refractivity contribution in [1.82, 2.24) is 5.32 Å². The van der Waals surface area contributed by atoms with Crippen LogP contribution >= 0.6 is 0 Å². The molecule has 0 saturated carbocycles. The van der Waals surface area contributed by atoms with E-state index in [-0.39, 0.29) is 5.60 Å². The van der Waals surface area contributed by atoms with Crippen molar-refractivity contribution in [2.24, 2.45) is 5.41 Å². The van der Waals surface area contributed by atoms with Crippen molar-refractivity contribution in [3.05, 3.63) is 12.2 Å². The van der Waals surface area contributed by atoms with Gasteiger partial charge in [-0.15, -0.1) is 0 Å². The average molecular weight is 165 g/mol. The van der Waals surface area contributed by atoms with Crippen molar-refractivity contribution in [1.29, 1.82) is 0 Å². The highest BCUT2D eigenvalue weighted by Crippen LogP contribution is 2.56. The monoisotopic (exact) mass is 165 g/mol. The maximum atomic E-state index is 5.98. The van der Waals surface area contributed by atoms with E-state index < -0.39 is 0 Å². The van der Waals surface area contributed by atoms with Gasteiger partial charge in [0.2, 0.25) is 0 Å². The summed E-state index contributed by atoms with van der Waals surface area (Å²) in [6, 6.07) is 0.590. The zero-order chi connectivity index (χ0) is 8.40. The van der Waals surface area contributed by atoms with E-state index in [2.05, 4.69) is 31.3 Å². The number of fused-ring (bicyclic) bond motifs is 1. The lowest BCUT2D eigenvalue weighted by atomic mass is 9.69. The van der Waals surface area contributed by atoms with Crippen LogP contribution in [0.5, 0.6) is 0 Å². The summed E-state index contributed by atoms with van der Waals surface area (Å²) < 4.78 is 5.98. The van der Waals surface area contributed by atoms with Gasteiger partial charge in [-0.2, -0.15) is 0 Å². The Morgan fingerprint density at radius 2 is 2.42 bits per heavy atom. The van der Waals surface area contributed by atoms with Gasteiger partial charge in [0.25, 0.3) is 0 Å². The third-order valence-electron chi connectivity index (χ3n) is 4.16. The molecule has 3 rings (SSSR count). The van der Waals surface area contributed by atoms with E-state index in [4.69, 9.17) is 4.74 Å². The van der Waals surface area contributed by atoms with Gasteiger partial charge in [0.05, 0.1) is 6.10 Å². The van der Waals surface area contributed by atoms with Crippen molar-refractivity contribution in [2.45, 2.75) is 38.0 Å². The van der Waals surface area contributed by atoms with Crippen LogP contribution < -0.4 is 5.32 Å². The molecule has 4 atom stereocenters. The average Bonchev–Trinajstić information content (AvgIpc) is 2.61. The Labute approximate surface area is 73.0 Å². The van der Waals surface area contributed by atoms with E-state index >= 15 is 0 Å². The van der Waals surface area contributed by atoms with Gasteiger partial charge >= 0.3 is 0 Å². The Morgan fingerprint density at radius 3 is 3.08 bits per heavy atom. The predicted molar refractivity (Wildman–Crippen MR) is 46.9 cm³/mol. The van der Waals surface area contributed by atoms with E-state index in [0.717, 1.165) is 6.54 Å². The smallest absolute Gasteiger partial charge is 0.106 e. The summed E-state index contributed by atoms with van der Waals surface area (Å²) in [7, 11) is 0. The van der Waals surface area contributed by atoms with Gasteiger partial charge in [0, 0.05) is 18.0 Å².